The van der Waals surface area contributed by atoms with Crippen LogP contribution in [0.2, 0.25) is 0 Å². The van der Waals surface area contributed by atoms with Crippen molar-refractivity contribution < 1.29 is 0 Å². The van der Waals surface area contributed by atoms with E-state index in [-0.39, 0.29) is 0 Å². The van der Waals surface area contributed by atoms with E-state index in [0.29, 0.717) is 6.04 Å². The molecular formula is C27H24N2S. The molecule has 1 atom stereocenters. The van der Waals surface area contributed by atoms with Crippen LogP contribution in [0.1, 0.15) is 24.9 Å². The molecule has 0 amide bonds. The minimum absolute atomic E-state index is 0.414. The van der Waals surface area contributed by atoms with Crippen molar-refractivity contribution in [3.63, 3.8) is 0 Å². The SMILES string of the molecule is CC(CCc1ccccc1)n1cc(-c2cncc(-c3ccsc3)c2)c2ccccc21. The molecule has 3 heteroatoms. The summed E-state index contributed by atoms with van der Waals surface area (Å²) >= 11 is 1.72. The summed E-state index contributed by atoms with van der Waals surface area (Å²) in [6.07, 6.45) is 8.44. The van der Waals surface area contributed by atoms with Gasteiger partial charge in [-0.25, -0.2) is 0 Å². The van der Waals surface area contributed by atoms with Crippen molar-refractivity contribution in [1.82, 2.24) is 9.55 Å². The van der Waals surface area contributed by atoms with Crippen molar-refractivity contribution in [3.05, 3.63) is 102 Å². The highest BCUT2D eigenvalue weighted by Gasteiger charge is 2.15. The average Bonchev–Trinajstić information content (AvgIpc) is 3.47. The highest BCUT2D eigenvalue weighted by molar-refractivity contribution is 7.08. The van der Waals surface area contributed by atoms with Crippen molar-refractivity contribution in [2.75, 3.05) is 0 Å². The lowest BCUT2D eigenvalue weighted by Gasteiger charge is -2.15. The Hall–Kier alpha value is -3.17. The number of hydrogen-bond donors (Lipinski definition) is 0. The second-order valence-corrected chi connectivity index (χ2v) is 8.59. The molecule has 0 saturated heterocycles. The first-order chi connectivity index (χ1) is 14.8. The number of hydrogen-bond acceptors (Lipinski definition) is 2. The fourth-order valence-corrected chi connectivity index (χ4v) is 4.80. The third-order valence-electron chi connectivity index (χ3n) is 5.81. The van der Waals surface area contributed by atoms with Gasteiger partial charge in [0.15, 0.2) is 0 Å². The molecule has 3 aromatic heterocycles. The number of para-hydroxylation sites is 1. The van der Waals surface area contributed by atoms with Gasteiger partial charge in [-0.15, -0.1) is 0 Å². The smallest absolute Gasteiger partial charge is 0.0489 e. The second-order valence-electron chi connectivity index (χ2n) is 7.81. The van der Waals surface area contributed by atoms with Crippen LogP contribution in [0, 0.1) is 0 Å². The molecule has 148 valence electrons. The molecule has 0 aliphatic carbocycles. The molecule has 0 radical (unpaired) electrons. The summed E-state index contributed by atoms with van der Waals surface area (Å²) in [5.74, 6) is 0. The molecule has 1 unspecified atom stereocenters. The lowest BCUT2D eigenvalue weighted by Crippen LogP contribution is -2.05. The molecule has 0 aliphatic heterocycles. The number of rotatable bonds is 6. The normalized spacial score (nSPS) is 12.3. The number of aromatic nitrogens is 2. The first-order valence-electron chi connectivity index (χ1n) is 10.4. The summed E-state index contributed by atoms with van der Waals surface area (Å²) in [5.41, 5.74) is 7.50. The Bertz CT molecular complexity index is 1250. The van der Waals surface area contributed by atoms with Gasteiger partial charge in [-0.2, -0.15) is 11.3 Å². The van der Waals surface area contributed by atoms with Gasteiger partial charge in [0.1, 0.15) is 0 Å². The molecular weight excluding hydrogens is 384 g/mol. The van der Waals surface area contributed by atoms with Crippen molar-refractivity contribution in [3.8, 4) is 22.3 Å². The van der Waals surface area contributed by atoms with E-state index in [4.69, 9.17) is 0 Å². The number of pyridine rings is 1. The number of aryl methyl sites for hydroxylation is 1. The quantitative estimate of drug-likeness (QED) is 0.282. The van der Waals surface area contributed by atoms with E-state index in [2.05, 4.69) is 100 Å². The number of fused-ring (bicyclic) bond motifs is 1. The molecule has 0 spiro atoms. The maximum Gasteiger partial charge on any atom is 0.0489 e. The molecule has 2 aromatic carbocycles. The standard InChI is InChI=1S/C27H24N2S/c1-20(11-12-21-7-3-2-4-8-21)29-18-26(25-9-5-6-10-27(25)29)24-15-23(16-28-17-24)22-13-14-30-19-22/h2-10,13-20H,11-12H2,1H3. The Morgan fingerprint density at radius 3 is 2.53 bits per heavy atom. The fraction of sp³-hybridized carbons (Fsp3) is 0.148. The van der Waals surface area contributed by atoms with E-state index in [0.717, 1.165) is 12.8 Å². The van der Waals surface area contributed by atoms with E-state index < -0.39 is 0 Å². The second kappa shape index (κ2) is 8.29. The van der Waals surface area contributed by atoms with Crippen LogP contribution in [0.3, 0.4) is 0 Å². The highest BCUT2D eigenvalue weighted by Crippen LogP contribution is 2.35. The molecule has 5 aromatic rings. The van der Waals surface area contributed by atoms with Crippen LogP contribution < -0.4 is 0 Å². The largest absolute Gasteiger partial charge is 0.344 e. The zero-order valence-electron chi connectivity index (χ0n) is 17.0. The van der Waals surface area contributed by atoms with Gasteiger partial charge in [0.2, 0.25) is 0 Å². The van der Waals surface area contributed by atoms with Gasteiger partial charge in [0, 0.05) is 52.2 Å². The summed E-state index contributed by atoms with van der Waals surface area (Å²) in [7, 11) is 0. The Morgan fingerprint density at radius 1 is 0.900 bits per heavy atom. The molecule has 0 bridgehead atoms. The first kappa shape index (κ1) is 18.8. The zero-order valence-corrected chi connectivity index (χ0v) is 17.8. The molecule has 5 rings (SSSR count). The molecule has 0 fully saturated rings. The van der Waals surface area contributed by atoms with Crippen LogP contribution >= 0.6 is 11.3 Å². The van der Waals surface area contributed by atoms with Crippen molar-refractivity contribution in [2.45, 2.75) is 25.8 Å². The van der Waals surface area contributed by atoms with E-state index in [1.54, 1.807) is 11.3 Å². The minimum atomic E-state index is 0.414. The molecule has 3 heterocycles. The van der Waals surface area contributed by atoms with E-state index in [1.807, 2.05) is 12.4 Å². The highest BCUT2D eigenvalue weighted by atomic mass is 32.1. The Balaban J connectivity index is 1.51. The monoisotopic (exact) mass is 408 g/mol. The van der Waals surface area contributed by atoms with Gasteiger partial charge in [0.25, 0.3) is 0 Å². The third kappa shape index (κ3) is 3.69. The van der Waals surface area contributed by atoms with Gasteiger partial charge in [0.05, 0.1) is 0 Å². The molecule has 0 aliphatic rings. The van der Waals surface area contributed by atoms with Crippen LogP contribution in [-0.4, -0.2) is 9.55 Å². The molecule has 2 nitrogen and oxygen atoms in total. The van der Waals surface area contributed by atoms with Crippen molar-refractivity contribution in [2.24, 2.45) is 0 Å². The van der Waals surface area contributed by atoms with Gasteiger partial charge < -0.3 is 4.57 Å². The molecule has 0 N–H and O–H groups in total. The van der Waals surface area contributed by atoms with Gasteiger partial charge in [-0.05, 0) is 59.9 Å². The van der Waals surface area contributed by atoms with Crippen LogP contribution in [0.4, 0.5) is 0 Å². The van der Waals surface area contributed by atoms with Gasteiger partial charge in [-0.3, -0.25) is 4.98 Å². The summed E-state index contributed by atoms with van der Waals surface area (Å²) in [6.45, 7) is 2.32. The first-order valence-corrected chi connectivity index (χ1v) is 11.4. The van der Waals surface area contributed by atoms with Crippen molar-refractivity contribution >= 4 is 22.2 Å². The summed E-state index contributed by atoms with van der Waals surface area (Å²) < 4.78 is 2.44. The number of benzene rings is 2. The molecule has 0 saturated carbocycles. The van der Waals surface area contributed by atoms with Crippen LogP contribution in [0.15, 0.2) is 96.1 Å². The lowest BCUT2D eigenvalue weighted by atomic mass is 10.0. The van der Waals surface area contributed by atoms with Crippen LogP contribution in [0.5, 0.6) is 0 Å². The van der Waals surface area contributed by atoms with E-state index in [1.165, 1.54) is 38.7 Å². The Kier molecular flexibility index (Phi) is 5.20. The Labute approximate surface area is 181 Å². The average molecular weight is 409 g/mol. The Morgan fingerprint density at radius 2 is 1.70 bits per heavy atom. The van der Waals surface area contributed by atoms with Gasteiger partial charge >= 0.3 is 0 Å². The van der Waals surface area contributed by atoms with E-state index >= 15 is 0 Å². The maximum atomic E-state index is 4.55. The van der Waals surface area contributed by atoms with Crippen LogP contribution in [0.25, 0.3) is 33.2 Å². The van der Waals surface area contributed by atoms with E-state index in [9.17, 15) is 0 Å². The zero-order chi connectivity index (χ0) is 20.3. The summed E-state index contributed by atoms with van der Waals surface area (Å²) in [6, 6.07) is 24.3. The third-order valence-corrected chi connectivity index (χ3v) is 6.50. The predicted octanol–water partition coefficient (Wildman–Crippen LogP) is 7.63. The van der Waals surface area contributed by atoms with Crippen LogP contribution in [-0.2, 0) is 6.42 Å². The topological polar surface area (TPSA) is 17.8 Å². The minimum Gasteiger partial charge on any atom is -0.344 e. The maximum absolute atomic E-state index is 4.55. The molecule has 30 heavy (non-hydrogen) atoms. The van der Waals surface area contributed by atoms with Gasteiger partial charge in [-0.1, -0.05) is 48.5 Å². The predicted molar refractivity (Wildman–Crippen MR) is 128 cm³/mol. The summed E-state index contributed by atoms with van der Waals surface area (Å²) in [5, 5.41) is 5.58. The lowest BCUT2D eigenvalue weighted by molar-refractivity contribution is 0.522. The number of thiophene rings is 1. The fourth-order valence-electron chi connectivity index (χ4n) is 4.13. The summed E-state index contributed by atoms with van der Waals surface area (Å²) in [4.78, 5) is 4.55. The number of nitrogens with zero attached hydrogens (tertiary/aromatic N) is 2. The van der Waals surface area contributed by atoms with Crippen molar-refractivity contribution in [1.29, 1.82) is 0 Å².